The van der Waals surface area contributed by atoms with E-state index in [1.54, 1.807) is 0 Å². The monoisotopic (exact) mass is 514 g/mol. The molecule has 0 amide bonds. The SMILES string of the molecule is CC1(C)c2ccccc2-c2ccc(C(c3ccc(Br)cc3)c3ccc(-c4ccccc4)cc3)cc21. The zero-order valence-corrected chi connectivity index (χ0v) is 21.6. The number of fused-ring (bicyclic) bond motifs is 3. The lowest BCUT2D eigenvalue weighted by Crippen LogP contribution is -2.15. The van der Waals surface area contributed by atoms with Gasteiger partial charge < -0.3 is 0 Å². The van der Waals surface area contributed by atoms with Crippen LogP contribution in [0.4, 0.5) is 0 Å². The summed E-state index contributed by atoms with van der Waals surface area (Å²) in [5, 5.41) is 0. The van der Waals surface area contributed by atoms with E-state index in [9.17, 15) is 0 Å². The quantitative estimate of drug-likeness (QED) is 0.209. The van der Waals surface area contributed by atoms with Crippen LogP contribution < -0.4 is 0 Å². The van der Waals surface area contributed by atoms with E-state index >= 15 is 0 Å². The second-order valence-electron chi connectivity index (χ2n) is 9.95. The Bertz CT molecular complexity index is 1490. The minimum Gasteiger partial charge on any atom is -0.0622 e. The van der Waals surface area contributed by atoms with E-state index in [-0.39, 0.29) is 11.3 Å². The Morgan fingerprint density at radius 3 is 1.77 bits per heavy atom. The second-order valence-corrected chi connectivity index (χ2v) is 10.9. The number of halogens is 1. The molecule has 0 nitrogen and oxygen atoms in total. The Hall–Kier alpha value is -3.42. The summed E-state index contributed by atoms with van der Waals surface area (Å²) in [4.78, 5) is 0. The molecule has 0 N–H and O–H groups in total. The smallest absolute Gasteiger partial charge is 0.0340 e. The van der Waals surface area contributed by atoms with Crippen molar-refractivity contribution in [1.29, 1.82) is 0 Å². The van der Waals surface area contributed by atoms with Gasteiger partial charge in [-0.25, -0.2) is 0 Å². The summed E-state index contributed by atoms with van der Waals surface area (Å²) in [6.07, 6.45) is 0. The highest BCUT2D eigenvalue weighted by Crippen LogP contribution is 2.49. The van der Waals surface area contributed by atoms with Crippen molar-refractivity contribution in [3.05, 3.63) is 154 Å². The van der Waals surface area contributed by atoms with Gasteiger partial charge in [0.25, 0.3) is 0 Å². The van der Waals surface area contributed by atoms with Crippen LogP contribution in [0.3, 0.4) is 0 Å². The Kier molecular flexibility index (Phi) is 5.46. The molecule has 0 spiro atoms. The first-order valence-electron chi connectivity index (χ1n) is 12.2. The lowest BCUT2D eigenvalue weighted by atomic mass is 9.79. The molecule has 1 atom stereocenters. The fraction of sp³-hybridized carbons (Fsp3) is 0.118. The third-order valence-corrected chi connectivity index (χ3v) is 8.02. The molecule has 1 unspecified atom stereocenters. The predicted molar refractivity (Wildman–Crippen MR) is 151 cm³/mol. The van der Waals surface area contributed by atoms with Crippen molar-refractivity contribution < 1.29 is 0 Å². The zero-order chi connectivity index (χ0) is 24.0. The highest BCUT2D eigenvalue weighted by Gasteiger charge is 2.35. The van der Waals surface area contributed by atoms with Crippen LogP contribution in [0.2, 0.25) is 0 Å². The highest BCUT2D eigenvalue weighted by atomic mass is 79.9. The van der Waals surface area contributed by atoms with Crippen molar-refractivity contribution in [2.45, 2.75) is 25.2 Å². The molecule has 0 bridgehead atoms. The molecule has 0 fully saturated rings. The molecular weight excluding hydrogens is 488 g/mol. The summed E-state index contributed by atoms with van der Waals surface area (Å²) >= 11 is 3.61. The maximum atomic E-state index is 3.61. The maximum absolute atomic E-state index is 3.61. The zero-order valence-electron chi connectivity index (χ0n) is 20.0. The maximum Gasteiger partial charge on any atom is 0.0340 e. The fourth-order valence-corrected chi connectivity index (χ4v) is 5.90. The van der Waals surface area contributed by atoms with Crippen LogP contribution >= 0.6 is 15.9 Å². The standard InChI is InChI=1S/C34H27Br/c1-34(2)31-11-7-6-10-29(31)30-21-18-27(22-32(30)34)33(26-16-19-28(35)20-17-26)25-14-12-24(13-15-25)23-8-4-3-5-9-23/h3-22,33H,1-2H3. The van der Waals surface area contributed by atoms with Gasteiger partial charge in [-0.2, -0.15) is 0 Å². The van der Waals surface area contributed by atoms with Gasteiger partial charge in [0.05, 0.1) is 0 Å². The van der Waals surface area contributed by atoms with E-state index in [2.05, 4.69) is 151 Å². The van der Waals surface area contributed by atoms with E-state index < -0.39 is 0 Å². The Morgan fingerprint density at radius 1 is 0.514 bits per heavy atom. The average Bonchev–Trinajstić information content (AvgIpc) is 3.13. The number of hydrogen-bond acceptors (Lipinski definition) is 0. The van der Waals surface area contributed by atoms with Crippen LogP contribution in [-0.4, -0.2) is 0 Å². The highest BCUT2D eigenvalue weighted by molar-refractivity contribution is 9.10. The molecule has 5 aromatic carbocycles. The third-order valence-electron chi connectivity index (χ3n) is 7.50. The Morgan fingerprint density at radius 2 is 1.06 bits per heavy atom. The molecule has 6 rings (SSSR count). The van der Waals surface area contributed by atoms with Gasteiger partial charge in [-0.1, -0.05) is 139 Å². The van der Waals surface area contributed by atoms with Gasteiger partial charge in [-0.3, -0.25) is 0 Å². The lowest BCUT2D eigenvalue weighted by Gasteiger charge is -2.24. The molecule has 5 aromatic rings. The number of benzene rings is 5. The predicted octanol–water partition coefficient (Wildman–Crippen LogP) is 9.60. The first kappa shape index (κ1) is 22.1. The van der Waals surface area contributed by atoms with Crippen LogP contribution in [0, 0.1) is 0 Å². The van der Waals surface area contributed by atoms with Crippen LogP contribution in [0.25, 0.3) is 22.3 Å². The first-order chi connectivity index (χ1) is 17.0. The van der Waals surface area contributed by atoms with Crippen molar-refractivity contribution in [2.75, 3.05) is 0 Å². The minimum absolute atomic E-state index is 0.0105. The molecule has 0 aromatic heterocycles. The fourth-order valence-electron chi connectivity index (χ4n) is 5.63. The minimum atomic E-state index is -0.0105. The third kappa shape index (κ3) is 3.85. The summed E-state index contributed by atoms with van der Waals surface area (Å²) in [6, 6.07) is 44.4. The van der Waals surface area contributed by atoms with Crippen LogP contribution in [0.5, 0.6) is 0 Å². The molecule has 0 heterocycles. The molecule has 170 valence electrons. The molecule has 0 saturated heterocycles. The normalized spacial score (nSPS) is 14.3. The van der Waals surface area contributed by atoms with Crippen LogP contribution in [0.1, 0.15) is 47.6 Å². The van der Waals surface area contributed by atoms with Crippen molar-refractivity contribution in [1.82, 2.24) is 0 Å². The van der Waals surface area contributed by atoms with Gasteiger partial charge in [0.15, 0.2) is 0 Å². The van der Waals surface area contributed by atoms with E-state index in [4.69, 9.17) is 0 Å². The first-order valence-corrected chi connectivity index (χ1v) is 13.0. The van der Waals surface area contributed by atoms with Gasteiger partial charge in [0.1, 0.15) is 0 Å². The summed E-state index contributed by atoms with van der Waals surface area (Å²) in [6.45, 7) is 4.70. The lowest BCUT2D eigenvalue weighted by molar-refractivity contribution is 0.659. The molecule has 35 heavy (non-hydrogen) atoms. The molecule has 0 aliphatic heterocycles. The van der Waals surface area contributed by atoms with E-state index in [1.807, 2.05) is 0 Å². The van der Waals surface area contributed by atoms with E-state index in [0.29, 0.717) is 0 Å². The summed E-state index contributed by atoms with van der Waals surface area (Å²) in [7, 11) is 0. The number of hydrogen-bond donors (Lipinski definition) is 0. The summed E-state index contributed by atoms with van der Waals surface area (Å²) in [5.74, 6) is 0.165. The van der Waals surface area contributed by atoms with E-state index in [0.717, 1.165) is 4.47 Å². The largest absolute Gasteiger partial charge is 0.0622 e. The van der Waals surface area contributed by atoms with Gasteiger partial charge >= 0.3 is 0 Å². The van der Waals surface area contributed by atoms with Crippen LogP contribution in [0.15, 0.2) is 126 Å². The summed E-state index contributed by atoms with van der Waals surface area (Å²) < 4.78 is 1.10. The van der Waals surface area contributed by atoms with Crippen LogP contribution in [-0.2, 0) is 5.41 Å². The topological polar surface area (TPSA) is 0 Å². The van der Waals surface area contributed by atoms with Gasteiger partial charge in [0, 0.05) is 15.8 Å². The number of rotatable bonds is 4. The molecule has 1 aliphatic carbocycles. The molecule has 1 heteroatoms. The van der Waals surface area contributed by atoms with Crippen molar-refractivity contribution in [3.63, 3.8) is 0 Å². The summed E-state index contributed by atoms with van der Waals surface area (Å²) in [5.41, 5.74) is 12.0. The molecule has 1 aliphatic rings. The van der Waals surface area contributed by atoms with Crippen molar-refractivity contribution >= 4 is 15.9 Å². The molecule has 0 saturated carbocycles. The van der Waals surface area contributed by atoms with Gasteiger partial charge in [0.2, 0.25) is 0 Å². The van der Waals surface area contributed by atoms with E-state index in [1.165, 1.54) is 50.1 Å². The van der Waals surface area contributed by atoms with Crippen molar-refractivity contribution in [2.24, 2.45) is 0 Å². The average molecular weight is 515 g/mol. The second kappa shape index (κ2) is 8.66. The molecule has 0 radical (unpaired) electrons. The molecular formula is C34H27Br. The van der Waals surface area contributed by atoms with Crippen molar-refractivity contribution in [3.8, 4) is 22.3 Å². The van der Waals surface area contributed by atoms with Gasteiger partial charge in [-0.15, -0.1) is 0 Å². The van der Waals surface area contributed by atoms with Gasteiger partial charge in [-0.05, 0) is 62.2 Å². The Labute approximate surface area is 216 Å². The Balaban J connectivity index is 1.47.